The molecule has 1 atom stereocenters. The van der Waals surface area contributed by atoms with Gasteiger partial charge < -0.3 is 15.0 Å². The molecule has 2 fully saturated rings. The predicted octanol–water partition coefficient (Wildman–Crippen LogP) is 2.88. The number of likely N-dealkylation sites (tertiary alicyclic amines) is 2. The molecule has 2 aromatic rings. The minimum Gasteiger partial charge on any atom is -0.619 e. The Morgan fingerprint density at radius 2 is 1.82 bits per heavy atom. The molecule has 0 N–H and O–H groups in total. The average Bonchev–Trinajstić information content (AvgIpc) is 3.12. The number of piperidine rings is 1. The van der Waals surface area contributed by atoms with E-state index < -0.39 is 0 Å². The van der Waals surface area contributed by atoms with Crippen molar-refractivity contribution in [3.8, 4) is 0 Å². The number of amides is 1. The highest BCUT2D eigenvalue weighted by Gasteiger charge is 2.42. The zero-order chi connectivity index (χ0) is 19.4. The Bertz CT molecular complexity index is 793. The highest BCUT2D eigenvalue weighted by Crippen LogP contribution is 2.39. The maximum atomic E-state index is 12.8. The van der Waals surface area contributed by atoms with E-state index in [2.05, 4.69) is 35.2 Å². The van der Waals surface area contributed by atoms with E-state index >= 15 is 0 Å². The van der Waals surface area contributed by atoms with E-state index in [1.54, 1.807) is 12.1 Å². The minimum atomic E-state index is 0.0543. The van der Waals surface area contributed by atoms with Crippen molar-refractivity contribution in [2.75, 3.05) is 32.7 Å². The lowest BCUT2D eigenvalue weighted by Gasteiger charge is -2.40. The molecule has 2 aliphatic heterocycles. The fourth-order valence-corrected chi connectivity index (χ4v) is 4.83. The van der Waals surface area contributed by atoms with Crippen molar-refractivity contribution in [1.29, 1.82) is 0 Å². The first kappa shape index (κ1) is 18.9. The minimum absolute atomic E-state index is 0.0543. The molecule has 28 heavy (non-hydrogen) atoms. The zero-order valence-electron chi connectivity index (χ0n) is 16.4. The molecular weight excluding hydrogens is 350 g/mol. The molecule has 0 aliphatic carbocycles. The number of carbonyl (C=O) groups is 1. The van der Waals surface area contributed by atoms with E-state index in [9.17, 15) is 10.0 Å². The second-order valence-electron chi connectivity index (χ2n) is 8.39. The van der Waals surface area contributed by atoms with Crippen molar-refractivity contribution >= 4 is 5.91 Å². The lowest BCUT2D eigenvalue weighted by Crippen LogP contribution is -2.45. The van der Waals surface area contributed by atoms with Crippen LogP contribution in [0.25, 0.3) is 0 Å². The van der Waals surface area contributed by atoms with Gasteiger partial charge in [-0.2, -0.15) is 4.73 Å². The molecule has 148 valence electrons. The van der Waals surface area contributed by atoms with Gasteiger partial charge in [0.15, 0.2) is 12.4 Å². The van der Waals surface area contributed by atoms with Crippen LogP contribution in [0.2, 0.25) is 0 Å². The largest absolute Gasteiger partial charge is 0.619 e. The van der Waals surface area contributed by atoms with E-state index in [0.29, 0.717) is 5.56 Å². The van der Waals surface area contributed by atoms with E-state index in [4.69, 9.17) is 0 Å². The lowest BCUT2D eigenvalue weighted by atomic mass is 9.79. The highest BCUT2D eigenvalue weighted by atomic mass is 16.5. The number of aromatic nitrogens is 1. The SMILES string of the molecule is O=C(c1cc[n+]([O-])cc1)N1CC[C@]2(CCCN(CCCc3ccccc3)C2)C1. The molecule has 1 aromatic heterocycles. The van der Waals surface area contributed by atoms with Crippen LogP contribution < -0.4 is 4.73 Å². The summed E-state index contributed by atoms with van der Waals surface area (Å²) in [6, 6.07) is 13.9. The Morgan fingerprint density at radius 3 is 2.61 bits per heavy atom. The second kappa shape index (κ2) is 8.31. The van der Waals surface area contributed by atoms with Gasteiger partial charge in [-0.05, 0) is 50.8 Å². The van der Waals surface area contributed by atoms with Gasteiger partial charge in [-0.15, -0.1) is 0 Å². The Kier molecular flexibility index (Phi) is 5.62. The molecule has 1 spiro atoms. The first-order valence-electron chi connectivity index (χ1n) is 10.4. The predicted molar refractivity (Wildman–Crippen MR) is 109 cm³/mol. The van der Waals surface area contributed by atoms with Gasteiger partial charge >= 0.3 is 0 Å². The van der Waals surface area contributed by atoms with Gasteiger partial charge in [0.25, 0.3) is 5.91 Å². The van der Waals surface area contributed by atoms with Gasteiger partial charge in [-0.1, -0.05) is 30.3 Å². The molecule has 5 nitrogen and oxygen atoms in total. The molecule has 4 rings (SSSR count). The second-order valence-corrected chi connectivity index (χ2v) is 8.39. The molecule has 1 amide bonds. The van der Waals surface area contributed by atoms with Crippen LogP contribution in [0.15, 0.2) is 54.9 Å². The van der Waals surface area contributed by atoms with Crippen molar-refractivity contribution in [2.24, 2.45) is 5.41 Å². The summed E-state index contributed by atoms with van der Waals surface area (Å²) in [6.07, 6.45) is 8.62. The third-order valence-corrected chi connectivity index (χ3v) is 6.30. The fraction of sp³-hybridized carbons (Fsp3) is 0.478. The standard InChI is InChI=1S/C23H29N3O2/c27-22(21-9-15-26(28)16-10-21)25-17-12-23(19-25)11-5-14-24(18-23)13-4-8-20-6-2-1-3-7-20/h1-3,6-7,9-10,15-16H,4-5,8,11-14,17-19H2/t23-/m0/s1. The molecule has 1 aromatic carbocycles. The van der Waals surface area contributed by atoms with Gasteiger partial charge in [0.1, 0.15) is 0 Å². The Labute approximate surface area is 167 Å². The van der Waals surface area contributed by atoms with Gasteiger partial charge in [-0.25, -0.2) is 0 Å². The normalized spacial score (nSPS) is 22.6. The van der Waals surface area contributed by atoms with Crippen molar-refractivity contribution < 1.29 is 9.52 Å². The van der Waals surface area contributed by atoms with Crippen molar-refractivity contribution in [3.05, 3.63) is 71.2 Å². The van der Waals surface area contributed by atoms with Gasteiger partial charge in [0, 0.05) is 37.2 Å². The van der Waals surface area contributed by atoms with Crippen LogP contribution in [0, 0.1) is 10.6 Å². The van der Waals surface area contributed by atoms with Gasteiger partial charge in [0.2, 0.25) is 0 Å². The van der Waals surface area contributed by atoms with Crippen LogP contribution >= 0.6 is 0 Å². The van der Waals surface area contributed by atoms with Crippen molar-refractivity contribution in [3.63, 3.8) is 0 Å². The summed E-state index contributed by atoms with van der Waals surface area (Å²) in [5.74, 6) is 0.0543. The maximum Gasteiger partial charge on any atom is 0.254 e. The van der Waals surface area contributed by atoms with Gasteiger partial charge in [-0.3, -0.25) is 4.79 Å². The third kappa shape index (κ3) is 4.36. The monoisotopic (exact) mass is 379 g/mol. The number of pyridine rings is 1. The van der Waals surface area contributed by atoms with Crippen molar-refractivity contribution in [2.45, 2.75) is 32.1 Å². The molecule has 0 bridgehead atoms. The number of carbonyl (C=O) groups excluding carboxylic acids is 1. The van der Waals surface area contributed by atoms with Crippen LogP contribution in [0.5, 0.6) is 0 Å². The van der Waals surface area contributed by atoms with E-state index in [0.717, 1.165) is 43.8 Å². The first-order chi connectivity index (χ1) is 13.6. The van der Waals surface area contributed by atoms with E-state index in [1.807, 2.05) is 4.90 Å². The van der Waals surface area contributed by atoms with Crippen LogP contribution in [0.3, 0.4) is 0 Å². The summed E-state index contributed by atoms with van der Waals surface area (Å²) < 4.78 is 0.719. The number of nitrogens with zero attached hydrogens (tertiary/aromatic N) is 3. The summed E-state index contributed by atoms with van der Waals surface area (Å²) in [7, 11) is 0. The van der Waals surface area contributed by atoms with Crippen molar-refractivity contribution in [1.82, 2.24) is 9.80 Å². The highest BCUT2D eigenvalue weighted by molar-refractivity contribution is 5.94. The Balaban J connectivity index is 1.31. The molecule has 3 heterocycles. The lowest BCUT2D eigenvalue weighted by molar-refractivity contribution is -0.605. The average molecular weight is 380 g/mol. The smallest absolute Gasteiger partial charge is 0.254 e. The summed E-state index contributed by atoms with van der Waals surface area (Å²) >= 11 is 0. The number of benzene rings is 1. The van der Waals surface area contributed by atoms with Crippen LogP contribution in [-0.2, 0) is 6.42 Å². The van der Waals surface area contributed by atoms with Crippen LogP contribution in [0.4, 0.5) is 0 Å². The van der Waals surface area contributed by atoms with Crippen LogP contribution in [0.1, 0.15) is 41.6 Å². The quantitative estimate of drug-likeness (QED) is 0.593. The van der Waals surface area contributed by atoms with E-state index in [-0.39, 0.29) is 11.3 Å². The molecule has 2 aliphatic rings. The molecular formula is C23H29N3O2. The molecule has 5 heteroatoms. The molecule has 0 radical (unpaired) electrons. The van der Waals surface area contributed by atoms with E-state index in [1.165, 1.54) is 43.8 Å². The third-order valence-electron chi connectivity index (χ3n) is 6.30. The fourth-order valence-electron chi connectivity index (χ4n) is 4.83. The number of aryl methyl sites for hydroxylation is 1. The first-order valence-corrected chi connectivity index (χ1v) is 10.4. The van der Waals surface area contributed by atoms with Gasteiger partial charge in [0.05, 0.1) is 5.56 Å². The summed E-state index contributed by atoms with van der Waals surface area (Å²) in [4.78, 5) is 17.4. The topological polar surface area (TPSA) is 50.5 Å². The summed E-state index contributed by atoms with van der Waals surface area (Å²) in [5.41, 5.74) is 2.27. The molecule has 2 saturated heterocycles. The zero-order valence-corrected chi connectivity index (χ0v) is 16.4. The molecule has 0 saturated carbocycles. The summed E-state index contributed by atoms with van der Waals surface area (Å²) in [5, 5.41) is 11.2. The maximum absolute atomic E-state index is 12.8. The summed E-state index contributed by atoms with van der Waals surface area (Å²) in [6.45, 7) is 5.07. The Morgan fingerprint density at radius 1 is 1.04 bits per heavy atom. The number of rotatable bonds is 5. The van der Waals surface area contributed by atoms with Crippen LogP contribution in [-0.4, -0.2) is 48.4 Å². The number of hydrogen-bond acceptors (Lipinski definition) is 3. The number of hydrogen-bond donors (Lipinski definition) is 0. The molecule has 0 unspecified atom stereocenters. The Hall–Kier alpha value is -2.40.